The first kappa shape index (κ1) is 10.4. The molecular weight excluding hydrogens is 178 g/mol. The SMILES string of the molecule is COC(=CNCc1ccccc1)OC. The molecule has 0 bridgehead atoms. The molecule has 1 aromatic carbocycles. The zero-order valence-corrected chi connectivity index (χ0v) is 8.49. The van der Waals surface area contributed by atoms with Gasteiger partial charge in [-0.25, -0.2) is 0 Å². The van der Waals surface area contributed by atoms with Crippen LogP contribution < -0.4 is 5.32 Å². The van der Waals surface area contributed by atoms with Gasteiger partial charge in [0.15, 0.2) is 0 Å². The van der Waals surface area contributed by atoms with Crippen LogP contribution in [0.5, 0.6) is 0 Å². The monoisotopic (exact) mass is 193 g/mol. The Hall–Kier alpha value is -1.64. The third kappa shape index (κ3) is 3.39. The minimum atomic E-state index is 0.473. The highest BCUT2D eigenvalue weighted by atomic mass is 16.7. The van der Waals surface area contributed by atoms with Gasteiger partial charge in [0.25, 0.3) is 5.95 Å². The fraction of sp³-hybridized carbons (Fsp3) is 0.273. The van der Waals surface area contributed by atoms with Crippen LogP contribution in [-0.2, 0) is 16.0 Å². The predicted octanol–water partition coefficient (Wildman–Crippen LogP) is 1.87. The maximum Gasteiger partial charge on any atom is 0.295 e. The van der Waals surface area contributed by atoms with Crippen LogP contribution in [-0.4, -0.2) is 14.2 Å². The molecule has 3 heteroatoms. The molecule has 0 aliphatic rings. The summed E-state index contributed by atoms with van der Waals surface area (Å²) in [5.74, 6) is 0.473. The van der Waals surface area contributed by atoms with E-state index in [1.807, 2.05) is 18.2 Å². The van der Waals surface area contributed by atoms with Gasteiger partial charge in [0, 0.05) is 6.54 Å². The first-order chi connectivity index (χ1) is 6.86. The molecule has 0 atom stereocenters. The van der Waals surface area contributed by atoms with E-state index in [1.165, 1.54) is 5.56 Å². The van der Waals surface area contributed by atoms with Gasteiger partial charge in [0.1, 0.15) is 0 Å². The van der Waals surface area contributed by atoms with Crippen molar-refractivity contribution in [1.82, 2.24) is 5.32 Å². The minimum Gasteiger partial charge on any atom is -0.468 e. The number of hydrogen-bond acceptors (Lipinski definition) is 3. The van der Waals surface area contributed by atoms with E-state index in [4.69, 9.17) is 9.47 Å². The van der Waals surface area contributed by atoms with Gasteiger partial charge < -0.3 is 14.8 Å². The van der Waals surface area contributed by atoms with Crippen molar-refractivity contribution in [3.05, 3.63) is 48.0 Å². The van der Waals surface area contributed by atoms with Crippen LogP contribution in [0, 0.1) is 0 Å². The highest BCUT2D eigenvalue weighted by Crippen LogP contribution is 1.98. The Kier molecular flexibility index (Phi) is 4.41. The quantitative estimate of drug-likeness (QED) is 0.724. The van der Waals surface area contributed by atoms with Crippen molar-refractivity contribution >= 4 is 0 Å². The molecule has 0 aromatic heterocycles. The van der Waals surface area contributed by atoms with Gasteiger partial charge in [0.05, 0.1) is 20.4 Å². The van der Waals surface area contributed by atoms with Gasteiger partial charge in [-0.1, -0.05) is 30.3 Å². The van der Waals surface area contributed by atoms with Crippen LogP contribution >= 0.6 is 0 Å². The molecule has 1 aromatic rings. The lowest BCUT2D eigenvalue weighted by molar-refractivity contribution is 0.0930. The van der Waals surface area contributed by atoms with Crippen LogP contribution in [0.1, 0.15) is 5.56 Å². The summed E-state index contributed by atoms with van der Waals surface area (Å²) in [5, 5.41) is 3.09. The normalized spacial score (nSPS) is 9.00. The molecular formula is C11H15NO2. The second kappa shape index (κ2) is 5.91. The Labute approximate surface area is 84.3 Å². The van der Waals surface area contributed by atoms with Crippen molar-refractivity contribution in [1.29, 1.82) is 0 Å². The Balaban J connectivity index is 2.38. The summed E-state index contributed by atoms with van der Waals surface area (Å²) >= 11 is 0. The Morgan fingerprint density at radius 1 is 1.21 bits per heavy atom. The second-order valence-corrected chi connectivity index (χ2v) is 2.74. The lowest BCUT2D eigenvalue weighted by Crippen LogP contribution is -2.07. The van der Waals surface area contributed by atoms with Gasteiger partial charge in [-0.15, -0.1) is 0 Å². The number of nitrogens with one attached hydrogen (secondary N) is 1. The molecule has 14 heavy (non-hydrogen) atoms. The molecule has 0 spiro atoms. The van der Waals surface area contributed by atoms with Crippen LogP contribution in [0.2, 0.25) is 0 Å². The largest absolute Gasteiger partial charge is 0.468 e. The summed E-state index contributed by atoms with van der Waals surface area (Å²) in [4.78, 5) is 0. The molecule has 0 amide bonds. The Morgan fingerprint density at radius 3 is 2.43 bits per heavy atom. The maximum atomic E-state index is 4.91. The van der Waals surface area contributed by atoms with E-state index < -0.39 is 0 Å². The third-order valence-corrected chi connectivity index (χ3v) is 1.77. The fourth-order valence-electron chi connectivity index (χ4n) is 1.05. The molecule has 1 N–H and O–H groups in total. The van der Waals surface area contributed by atoms with Crippen molar-refractivity contribution in [2.45, 2.75) is 6.54 Å². The Bertz CT molecular complexity index is 277. The first-order valence-corrected chi connectivity index (χ1v) is 4.42. The van der Waals surface area contributed by atoms with E-state index in [2.05, 4.69) is 17.4 Å². The van der Waals surface area contributed by atoms with Crippen LogP contribution in [0.3, 0.4) is 0 Å². The smallest absolute Gasteiger partial charge is 0.295 e. The van der Waals surface area contributed by atoms with Crippen LogP contribution in [0.15, 0.2) is 42.5 Å². The van der Waals surface area contributed by atoms with E-state index >= 15 is 0 Å². The molecule has 0 saturated heterocycles. The average Bonchev–Trinajstić information content (AvgIpc) is 2.26. The molecule has 1 rings (SSSR count). The summed E-state index contributed by atoms with van der Waals surface area (Å²) < 4.78 is 9.83. The van der Waals surface area contributed by atoms with Crippen molar-refractivity contribution in [2.75, 3.05) is 14.2 Å². The molecule has 0 unspecified atom stereocenters. The number of ether oxygens (including phenoxy) is 2. The van der Waals surface area contributed by atoms with E-state index in [9.17, 15) is 0 Å². The topological polar surface area (TPSA) is 30.5 Å². The zero-order chi connectivity index (χ0) is 10.2. The number of rotatable bonds is 5. The van der Waals surface area contributed by atoms with Gasteiger partial charge in [-0.3, -0.25) is 0 Å². The van der Waals surface area contributed by atoms with E-state index in [1.54, 1.807) is 20.4 Å². The highest BCUT2D eigenvalue weighted by Gasteiger charge is 1.92. The highest BCUT2D eigenvalue weighted by molar-refractivity contribution is 5.14. The van der Waals surface area contributed by atoms with Crippen LogP contribution in [0.25, 0.3) is 0 Å². The van der Waals surface area contributed by atoms with E-state index in [-0.39, 0.29) is 0 Å². The van der Waals surface area contributed by atoms with Gasteiger partial charge >= 0.3 is 0 Å². The summed E-state index contributed by atoms with van der Waals surface area (Å²) in [6.07, 6.45) is 1.70. The summed E-state index contributed by atoms with van der Waals surface area (Å²) in [7, 11) is 3.14. The third-order valence-electron chi connectivity index (χ3n) is 1.77. The molecule has 0 fully saturated rings. The molecule has 0 heterocycles. The van der Waals surface area contributed by atoms with E-state index in [0.717, 1.165) is 6.54 Å². The average molecular weight is 193 g/mol. The number of hydrogen-bond donors (Lipinski definition) is 1. The first-order valence-electron chi connectivity index (χ1n) is 4.42. The van der Waals surface area contributed by atoms with Gasteiger partial charge in [-0.2, -0.15) is 0 Å². The van der Waals surface area contributed by atoms with Crippen molar-refractivity contribution in [3.63, 3.8) is 0 Å². The summed E-state index contributed by atoms with van der Waals surface area (Å²) in [6.45, 7) is 0.761. The predicted molar refractivity (Wildman–Crippen MR) is 55.4 cm³/mol. The van der Waals surface area contributed by atoms with Crippen molar-refractivity contribution < 1.29 is 9.47 Å². The van der Waals surface area contributed by atoms with Gasteiger partial charge in [-0.05, 0) is 5.56 Å². The molecule has 3 nitrogen and oxygen atoms in total. The standard InChI is InChI=1S/C11H15NO2/c1-13-11(14-2)9-12-8-10-6-4-3-5-7-10/h3-7,9,12H,8H2,1-2H3. The van der Waals surface area contributed by atoms with Crippen molar-refractivity contribution in [2.24, 2.45) is 0 Å². The lowest BCUT2D eigenvalue weighted by Gasteiger charge is -2.05. The molecule has 0 radical (unpaired) electrons. The lowest BCUT2D eigenvalue weighted by atomic mass is 10.2. The maximum absolute atomic E-state index is 4.91. The summed E-state index contributed by atoms with van der Waals surface area (Å²) in [5.41, 5.74) is 1.22. The fourth-order valence-corrected chi connectivity index (χ4v) is 1.05. The van der Waals surface area contributed by atoms with Crippen LogP contribution in [0.4, 0.5) is 0 Å². The number of methoxy groups -OCH3 is 2. The van der Waals surface area contributed by atoms with Gasteiger partial charge in [0.2, 0.25) is 0 Å². The molecule has 0 aliphatic carbocycles. The second-order valence-electron chi connectivity index (χ2n) is 2.74. The molecule has 76 valence electrons. The summed E-state index contributed by atoms with van der Waals surface area (Å²) in [6, 6.07) is 10.1. The van der Waals surface area contributed by atoms with Crippen molar-refractivity contribution in [3.8, 4) is 0 Å². The zero-order valence-electron chi connectivity index (χ0n) is 8.49. The molecule has 0 aliphatic heterocycles. The Morgan fingerprint density at radius 2 is 1.86 bits per heavy atom. The number of benzene rings is 1. The minimum absolute atomic E-state index is 0.473. The molecule has 0 saturated carbocycles. The van der Waals surface area contributed by atoms with E-state index in [0.29, 0.717) is 5.95 Å².